The lowest BCUT2D eigenvalue weighted by Crippen LogP contribution is -2.38. The van der Waals surface area contributed by atoms with Crippen LogP contribution in [0, 0.1) is 13.8 Å². The molecule has 0 saturated heterocycles. The molecule has 140 valence electrons. The van der Waals surface area contributed by atoms with E-state index in [0.29, 0.717) is 15.6 Å². The Bertz CT molecular complexity index is 980. The van der Waals surface area contributed by atoms with E-state index in [9.17, 15) is 9.59 Å². The van der Waals surface area contributed by atoms with Crippen molar-refractivity contribution in [2.75, 3.05) is 5.32 Å². The van der Waals surface area contributed by atoms with Gasteiger partial charge in [-0.1, -0.05) is 41.4 Å². The summed E-state index contributed by atoms with van der Waals surface area (Å²) in [6, 6.07) is 10.4. The highest BCUT2D eigenvalue weighted by Gasteiger charge is 2.41. The van der Waals surface area contributed by atoms with Crippen molar-refractivity contribution >= 4 is 46.3 Å². The summed E-state index contributed by atoms with van der Waals surface area (Å²) < 4.78 is 0. The van der Waals surface area contributed by atoms with Crippen LogP contribution in [0.2, 0.25) is 10.0 Å². The van der Waals surface area contributed by atoms with Crippen molar-refractivity contribution in [1.29, 1.82) is 0 Å². The van der Waals surface area contributed by atoms with Gasteiger partial charge in [-0.25, -0.2) is 0 Å². The Morgan fingerprint density at radius 1 is 1.00 bits per heavy atom. The van der Waals surface area contributed by atoms with Crippen LogP contribution in [0.15, 0.2) is 42.1 Å². The smallest absolute Gasteiger partial charge is 0.278 e. The van der Waals surface area contributed by atoms with Gasteiger partial charge in [0.15, 0.2) is 0 Å². The van der Waals surface area contributed by atoms with E-state index in [0.717, 1.165) is 16.8 Å². The molecule has 0 saturated carbocycles. The van der Waals surface area contributed by atoms with Crippen LogP contribution in [-0.4, -0.2) is 22.8 Å². The minimum atomic E-state index is -0.368. The Morgan fingerprint density at radius 2 is 1.70 bits per heavy atom. The lowest BCUT2D eigenvalue weighted by atomic mass is 10.0. The summed E-state index contributed by atoms with van der Waals surface area (Å²) in [4.78, 5) is 27.3. The number of benzene rings is 2. The van der Waals surface area contributed by atoms with E-state index < -0.39 is 0 Å². The van der Waals surface area contributed by atoms with Crippen LogP contribution in [0.25, 0.3) is 5.57 Å². The molecule has 1 N–H and O–H groups in total. The quantitative estimate of drug-likeness (QED) is 0.713. The van der Waals surface area contributed by atoms with E-state index in [4.69, 9.17) is 23.2 Å². The number of nitrogens with zero attached hydrogens (tertiary/aromatic N) is 1. The van der Waals surface area contributed by atoms with Crippen LogP contribution in [-0.2, 0) is 9.59 Å². The highest BCUT2D eigenvalue weighted by Crippen LogP contribution is 2.36. The lowest BCUT2D eigenvalue weighted by molar-refractivity contribution is -0.138. The Balaban J connectivity index is 2.19. The molecule has 2 aromatic rings. The molecular formula is C21H20Cl2N2O2. The number of hydrogen-bond donors (Lipinski definition) is 1. The first-order chi connectivity index (χ1) is 12.7. The molecule has 1 aliphatic heterocycles. The van der Waals surface area contributed by atoms with Gasteiger partial charge in [0.2, 0.25) is 0 Å². The average Bonchev–Trinajstić information content (AvgIpc) is 2.83. The van der Waals surface area contributed by atoms with E-state index in [1.165, 1.54) is 4.90 Å². The molecule has 6 heteroatoms. The third-order valence-electron chi connectivity index (χ3n) is 4.70. The Morgan fingerprint density at radius 3 is 2.33 bits per heavy atom. The third kappa shape index (κ3) is 3.47. The molecule has 2 amide bonds. The minimum Gasteiger partial charge on any atom is -0.350 e. The van der Waals surface area contributed by atoms with Gasteiger partial charge in [-0.3, -0.25) is 14.5 Å². The molecule has 0 unspecified atom stereocenters. The molecule has 0 fully saturated rings. The van der Waals surface area contributed by atoms with E-state index in [1.54, 1.807) is 32.0 Å². The summed E-state index contributed by atoms with van der Waals surface area (Å²) in [6.07, 6.45) is 0. The second-order valence-electron chi connectivity index (χ2n) is 6.82. The van der Waals surface area contributed by atoms with E-state index in [-0.39, 0.29) is 29.1 Å². The fourth-order valence-corrected chi connectivity index (χ4v) is 3.60. The van der Waals surface area contributed by atoms with Crippen molar-refractivity contribution in [2.45, 2.75) is 33.7 Å². The molecule has 27 heavy (non-hydrogen) atoms. The monoisotopic (exact) mass is 402 g/mol. The van der Waals surface area contributed by atoms with Crippen molar-refractivity contribution in [3.63, 3.8) is 0 Å². The molecule has 1 aliphatic rings. The van der Waals surface area contributed by atoms with E-state index >= 15 is 0 Å². The maximum atomic E-state index is 13.1. The molecular weight excluding hydrogens is 383 g/mol. The van der Waals surface area contributed by atoms with Crippen LogP contribution < -0.4 is 5.32 Å². The van der Waals surface area contributed by atoms with Crippen LogP contribution in [0.4, 0.5) is 5.69 Å². The van der Waals surface area contributed by atoms with Gasteiger partial charge in [-0.2, -0.15) is 0 Å². The SMILES string of the molecule is Cc1cccc(NC2=C(c3ccc(Cl)cc3Cl)C(=O)N(C(C)C)C2=O)c1C. The third-order valence-corrected chi connectivity index (χ3v) is 5.24. The topological polar surface area (TPSA) is 49.4 Å². The Labute approximate surface area is 168 Å². The second kappa shape index (κ2) is 7.37. The summed E-state index contributed by atoms with van der Waals surface area (Å²) in [7, 11) is 0. The maximum Gasteiger partial charge on any atom is 0.278 e. The standard InChI is InChI=1S/C21H20Cl2N2O2/c1-11(2)25-20(26)18(15-9-8-14(22)10-16(15)23)19(21(25)27)24-17-7-5-6-12(3)13(17)4/h5-11,24H,1-4H3. The number of hydrogen-bond acceptors (Lipinski definition) is 3. The summed E-state index contributed by atoms with van der Waals surface area (Å²) in [6.45, 7) is 7.57. The van der Waals surface area contributed by atoms with Gasteiger partial charge >= 0.3 is 0 Å². The van der Waals surface area contributed by atoms with Gasteiger partial charge in [-0.05, 0) is 57.0 Å². The number of halogens is 2. The Kier molecular flexibility index (Phi) is 5.31. The number of rotatable bonds is 4. The summed E-state index contributed by atoms with van der Waals surface area (Å²) in [5.41, 5.74) is 3.84. The van der Waals surface area contributed by atoms with Crippen LogP contribution in [0.1, 0.15) is 30.5 Å². The highest BCUT2D eigenvalue weighted by molar-refractivity contribution is 6.41. The summed E-state index contributed by atoms with van der Waals surface area (Å²) >= 11 is 12.3. The minimum absolute atomic E-state index is 0.228. The van der Waals surface area contributed by atoms with Crippen molar-refractivity contribution in [3.8, 4) is 0 Å². The molecule has 0 aromatic heterocycles. The van der Waals surface area contributed by atoms with Gasteiger partial charge in [0.05, 0.1) is 10.6 Å². The Hall–Kier alpha value is -2.30. The molecule has 0 atom stereocenters. The molecule has 4 nitrogen and oxygen atoms in total. The number of amides is 2. The normalized spacial score (nSPS) is 14.6. The fraction of sp³-hybridized carbons (Fsp3) is 0.238. The number of aryl methyl sites for hydroxylation is 1. The van der Waals surface area contributed by atoms with Crippen molar-refractivity contribution < 1.29 is 9.59 Å². The molecule has 0 aliphatic carbocycles. The van der Waals surface area contributed by atoms with Crippen LogP contribution >= 0.6 is 23.2 Å². The molecule has 2 aromatic carbocycles. The zero-order chi connectivity index (χ0) is 19.9. The van der Waals surface area contributed by atoms with Crippen LogP contribution in [0.5, 0.6) is 0 Å². The number of carbonyl (C=O) groups excluding carboxylic acids is 2. The molecule has 0 radical (unpaired) electrons. The largest absolute Gasteiger partial charge is 0.350 e. The zero-order valence-corrected chi connectivity index (χ0v) is 17.1. The highest BCUT2D eigenvalue weighted by atomic mass is 35.5. The number of anilines is 1. The first-order valence-electron chi connectivity index (χ1n) is 8.63. The first-order valence-corrected chi connectivity index (χ1v) is 9.38. The first kappa shape index (κ1) is 19.5. The molecule has 0 bridgehead atoms. The van der Waals surface area contributed by atoms with Gasteiger partial charge in [0.25, 0.3) is 11.8 Å². The number of imide groups is 1. The predicted octanol–water partition coefficient (Wildman–Crippen LogP) is 5.21. The number of carbonyl (C=O) groups is 2. The summed E-state index contributed by atoms with van der Waals surface area (Å²) in [5, 5.41) is 3.97. The van der Waals surface area contributed by atoms with Crippen molar-refractivity contribution in [1.82, 2.24) is 4.90 Å². The van der Waals surface area contributed by atoms with Gasteiger partial charge in [-0.15, -0.1) is 0 Å². The van der Waals surface area contributed by atoms with Gasteiger partial charge < -0.3 is 5.32 Å². The predicted molar refractivity (Wildman–Crippen MR) is 110 cm³/mol. The second-order valence-corrected chi connectivity index (χ2v) is 7.66. The van der Waals surface area contributed by atoms with Crippen molar-refractivity contribution in [2.24, 2.45) is 0 Å². The van der Waals surface area contributed by atoms with Crippen LogP contribution in [0.3, 0.4) is 0 Å². The van der Waals surface area contributed by atoms with E-state index in [1.807, 2.05) is 32.0 Å². The lowest BCUT2D eigenvalue weighted by Gasteiger charge is -2.19. The average molecular weight is 403 g/mol. The zero-order valence-electron chi connectivity index (χ0n) is 15.6. The molecule has 1 heterocycles. The summed E-state index contributed by atoms with van der Waals surface area (Å²) in [5.74, 6) is -0.732. The fourth-order valence-electron chi connectivity index (χ4n) is 3.10. The van der Waals surface area contributed by atoms with Gasteiger partial charge in [0.1, 0.15) is 5.70 Å². The molecule has 0 spiro atoms. The number of nitrogens with one attached hydrogen (secondary N) is 1. The molecule has 3 rings (SSSR count). The van der Waals surface area contributed by atoms with Crippen molar-refractivity contribution in [3.05, 3.63) is 68.8 Å². The van der Waals surface area contributed by atoms with Gasteiger partial charge in [0, 0.05) is 22.3 Å². The maximum absolute atomic E-state index is 13.1. The van der Waals surface area contributed by atoms with E-state index in [2.05, 4.69) is 5.32 Å².